The lowest BCUT2D eigenvalue weighted by Gasteiger charge is -2.01. The molecule has 3 nitrogen and oxygen atoms in total. The average Bonchev–Trinajstić information content (AvgIpc) is 2.78. The zero-order valence-electron chi connectivity index (χ0n) is 9.47. The first-order valence-electron chi connectivity index (χ1n) is 5.34. The van der Waals surface area contributed by atoms with Crippen LogP contribution in [0.1, 0.15) is 24.1 Å². The molecule has 0 aliphatic rings. The fourth-order valence-corrected chi connectivity index (χ4v) is 1.54. The summed E-state index contributed by atoms with van der Waals surface area (Å²) in [7, 11) is 0. The fraction of sp³-hybridized carbons (Fsp3) is 0.308. The van der Waals surface area contributed by atoms with Crippen LogP contribution in [-0.4, -0.2) is 16.7 Å². The van der Waals surface area contributed by atoms with Crippen LogP contribution in [0.3, 0.4) is 0 Å². The van der Waals surface area contributed by atoms with Gasteiger partial charge >= 0.3 is 0 Å². The van der Waals surface area contributed by atoms with E-state index in [4.69, 9.17) is 9.52 Å². The molecule has 0 saturated heterocycles. The topological polar surface area (TPSA) is 46.3 Å². The molecule has 0 bridgehead atoms. The summed E-state index contributed by atoms with van der Waals surface area (Å²) >= 11 is 0. The lowest BCUT2D eigenvalue weighted by molar-refractivity contribution is 0.271. The SMILES string of the molecule is Cc1ccccc1-c1nc(C(C)CO)co1. The van der Waals surface area contributed by atoms with Gasteiger partial charge in [-0.25, -0.2) is 4.98 Å². The first kappa shape index (κ1) is 10.9. The molecule has 0 aliphatic carbocycles. The van der Waals surface area contributed by atoms with E-state index in [9.17, 15) is 0 Å². The highest BCUT2D eigenvalue weighted by Gasteiger charge is 2.12. The molecule has 1 atom stereocenters. The molecule has 3 heteroatoms. The van der Waals surface area contributed by atoms with Crippen LogP contribution in [0, 0.1) is 6.92 Å². The van der Waals surface area contributed by atoms with Gasteiger partial charge in [0.25, 0.3) is 0 Å². The largest absolute Gasteiger partial charge is 0.444 e. The van der Waals surface area contributed by atoms with Gasteiger partial charge in [-0.2, -0.15) is 0 Å². The van der Waals surface area contributed by atoms with Crippen molar-refractivity contribution in [3.05, 3.63) is 41.8 Å². The predicted octanol–water partition coefficient (Wildman–Crippen LogP) is 2.75. The van der Waals surface area contributed by atoms with Crippen molar-refractivity contribution in [2.75, 3.05) is 6.61 Å². The van der Waals surface area contributed by atoms with E-state index in [0.29, 0.717) is 5.89 Å². The van der Waals surface area contributed by atoms with Gasteiger partial charge in [0.05, 0.1) is 12.3 Å². The summed E-state index contributed by atoms with van der Waals surface area (Å²) in [5.41, 5.74) is 2.92. The molecule has 0 spiro atoms. The minimum Gasteiger partial charge on any atom is -0.444 e. The number of aromatic nitrogens is 1. The van der Waals surface area contributed by atoms with E-state index < -0.39 is 0 Å². The minimum absolute atomic E-state index is 0.0153. The van der Waals surface area contributed by atoms with Gasteiger partial charge in [0.1, 0.15) is 6.26 Å². The van der Waals surface area contributed by atoms with Gasteiger partial charge in [0, 0.05) is 11.5 Å². The zero-order chi connectivity index (χ0) is 11.5. The molecule has 1 heterocycles. The maximum atomic E-state index is 9.04. The summed E-state index contributed by atoms with van der Waals surface area (Å²) < 4.78 is 5.43. The van der Waals surface area contributed by atoms with E-state index in [1.165, 1.54) is 0 Å². The maximum absolute atomic E-state index is 9.04. The van der Waals surface area contributed by atoms with Crippen LogP contribution in [0.5, 0.6) is 0 Å². The van der Waals surface area contributed by atoms with Crippen molar-refractivity contribution < 1.29 is 9.52 Å². The molecule has 84 valence electrons. The van der Waals surface area contributed by atoms with Gasteiger partial charge in [-0.15, -0.1) is 0 Å². The van der Waals surface area contributed by atoms with Crippen molar-refractivity contribution in [3.8, 4) is 11.5 Å². The number of nitrogens with zero attached hydrogens (tertiary/aromatic N) is 1. The van der Waals surface area contributed by atoms with Crippen molar-refractivity contribution in [2.24, 2.45) is 0 Å². The van der Waals surface area contributed by atoms with Crippen molar-refractivity contribution in [1.82, 2.24) is 4.98 Å². The van der Waals surface area contributed by atoms with E-state index >= 15 is 0 Å². The van der Waals surface area contributed by atoms with Gasteiger partial charge in [0.15, 0.2) is 0 Å². The first-order chi connectivity index (χ1) is 7.72. The standard InChI is InChI=1S/C13H15NO2/c1-9-5-3-4-6-11(9)13-14-12(8-16-13)10(2)7-15/h3-6,8,10,15H,7H2,1-2H3. The first-order valence-corrected chi connectivity index (χ1v) is 5.34. The Balaban J connectivity index is 2.35. The number of benzene rings is 1. The van der Waals surface area contributed by atoms with Gasteiger partial charge < -0.3 is 9.52 Å². The Hall–Kier alpha value is -1.61. The van der Waals surface area contributed by atoms with E-state index in [1.54, 1.807) is 6.26 Å². The molecule has 1 N–H and O–H groups in total. The lowest BCUT2D eigenvalue weighted by atomic mass is 10.1. The summed E-state index contributed by atoms with van der Waals surface area (Å²) in [5, 5.41) is 9.04. The molecular weight excluding hydrogens is 202 g/mol. The van der Waals surface area contributed by atoms with E-state index in [-0.39, 0.29) is 12.5 Å². The molecule has 1 unspecified atom stereocenters. The Labute approximate surface area is 94.8 Å². The number of oxazole rings is 1. The normalized spacial score (nSPS) is 12.7. The lowest BCUT2D eigenvalue weighted by Crippen LogP contribution is -1.98. The molecule has 2 aromatic rings. The molecule has 1 aromatic heterocycles. The van der Waals surface area contributed by atoms with Crippen molar-refractivity contribution in [2.45, 2.75) is 19.8 Å². The van der Waals surface area contributed by atoms with Crippen molar-refractivity contribution >= 4 is 0 Å². The highest BCUT2D eigenvalue weighted by atomic mass is 16.3. The van der Waals surface area contributed by atoms with Gasteiger partial charge in [0.2, 0.25) is 5.89 Å². The minimum atomic E-state index is 0.0153. The van der Waals surface area contributed by atoms with E-state index in [1.807, 2.05) is 38.1 Å². The van der Waals surface area contributed by atoms with Crippen LogP contribution in [0.15, 0.2) is 34.9 Å². The second kappa shape index (κ2) is 4.49. The van der Waals surface area contributed by atoms with Crippen LogP contribution < -0.4 is 0 Å². The molecule has 0 saturated carbocycles. The molecule has 0 amide bonds. The summed E-state index contributed by atoms with van der Waals surface area (Å²) in [4.78, 5) is 4.39. The van der Waals surface area contributed by atoms with E-state index in [2.05, 4.69) is 4.98 Å². The third-order valence-corrected chi connectivity index (χ3v) is 2.68. The maximum Gasteiger partial charge on any atom is 0.226 e. The second-order valence-corrected chi connectivity index (χ2v) is 3.98. The summed E-state index contributed by atoms with van der Waals surface area (Å²) in [6.07, 6.45) is 1.61. The highest BCUT2D eigenvalue weighted by Crippen LogP contribution is 2.24. The van der Waals surface area contributed by atoms with Crippen LogP contribution >= 0.6 is 0 Å². The van der Waals surface area contributed by atoms with Gasteiger partial charge in [-0.3, -0.25) is 0 Å². The Morgan fingerprint density at radius 1 is 1.38 bits per heavy atom. The number of hydrogen-bond acceptors (Lipinski definition) is 3. The van der Waals surface area contributed by atoms with Crippen molar-refractivity contribution in [3.63, 3.8) is 0 Å². The van der Waals surface area contributed by atoms with Crippen LogP contribution in [0.25, 0.3) is 11.5 Å². The zero-order valence-corrected chi connectivity index (χ0v) is 9.47. The van der Waals surface area contributed by atoms with Gasteiger partial charge in [-0.1, -0.05) is 25.1 Å². The molecule has 0 fully saturated rings. The predicted molar refractivity (Wildman–Crippen MR) is 62.2 cm³/mol. The summed E-state index contributed by atoms with van der Waals surface area (Å²) in [6, 6.07) is 7.95. The Kier molecular flexibility index (Phi) is 3.06. The van der Waals surface area contributed by atoms with Crippen LogP contribution in [-0.2, 0) is 0 Å². The third-order valence-electron chi connectivity index (χ3n) is 2.68. The van der Waals surface area contributed by atoms with E-state index in [0.717, 1.165) is 16.8 Å². The molecule has 2 rings (SSSR count). The highest BCUT2D eigenvalue weighted by molar-refractivity contribution is 5.58. The summed E-state index contributed by atoms with van der Waals surface area (Å²) in [6.45, 7) is 4.02. The Bertz CT molecular complexity index is 476. The third kappa shape index (κ3) is 1.99. The molecule has 16 heavy (non-hydrogen) atoms. The Morgan fingerprint density at radius 2 is 2.12 bits per heavy atom. The number of aliphatic hydroxyl groups is 1. The van der Waals surface area contributed by atoms with Gasteiger partial charge in [-0.05, 0) is 18.6 Å². The van der Waals surface area contributed by atoms with Crippen molar-refractivity contribution in [1.29, 1.82) is 0 Å². The molecule has 0 radical (unpaired) electrons. The fourth-order valence-electron chi connectivity index (χ4n) is 1.54. The number of hydrogen-bond donors (Lipinski definition) is 1. The number of aryl methyl sites for hydroxylation is 1. The second-order valence-electron chi connectivity index (χ2n) is 3.98. The quantitative estimate of drug-likeness (QED) is 0.859. The molecule has 0 aliphatic heterocycles. The number of rotatable bonds is 3. The molecular formula is C13H15NO2. The smallest absolute Gasteiger partial charge is 0.226 e. The Morgan fingerprint density at radius 3 is 2.81 bits per heavy atom. The monoisotopic (exact) mass is 217 g/mol. The summed E-state index contributed by atoms with van der Waals surface area (Å²) in [5.74, 6) is 0.634. The van der Waals surface area contributed by atoms with Crippen LogP contribution in [0.2, 0.25) is 0 Å². The molecule has 1 aromatic carbocycles. The van der Waals surface area contributed by atoms with Crippen LogP contribution in [0.4, 0.5) is 0 Å². The number of aliphatic hydroxyl groups excluding tert-OH is 1. The average molecular weight is 217 g/mol.